The van der Waals surface area contributed by atoms with Gasteiger partial charge in [0.2, 0.25) is 0 Å². The molecule has 3 aromatic rings. The number of benzene rings is 3. The zero-order chi connectivity index (χ0) is 23.4. The third-order valence-corrected chi connectivity index (χ3v) is 6.68. The van der Waals surface area contributed by atoms with Crippen LogP contribution in [0.2, 0.25) is 0 Å². The van der Waals surface area contributed by atoms with Crippen molar-refractivity contribution in [1.29, 1.82) is 0 Å². The maximum atomic E-state index is 13.3. The Balaban J connectivity index is 1.57. The van der Waals surface area contributed by atoms with Gasteiger partial charge in [0.15, 0.2) is 0 Å². The molecule has 2 N–H and O–H groups in total. The first-order valence-electron chi connectivity index (χ1n) is 10.3. The lowest BCUT2D eigenvalue weighted by atomic mass is 9.92. The normalized spacial score (nSPS) is 18.5. The van der Waals surface area contributed by atoms with E-state index in [-0.39, 0.29) is 0 Å². The molecule has 0 aliphatic carbocycles. The van der Waals surface area contributed by atoms with Gasteiger partial charge in [0.1, 0.15) is 16.5 Å². The number of carbonyl (C=O) groups is 3. The number of rotatable bonds is 7. The van der Waals surface area contributed by atoms with Crippen LogP contribution < -0.4 is 15.5 Å². The number of ether oxygens (including phenoxy) is 1. The van der Waals surface area contributed by atoms with Gasteiger partial charge in [-0.15, -0.1) is 11.8 Å². The topological polar surface area (TPSA) is 87.7 Å². The first-order chi connectivity index (χ1) is 15.9. The summed E-state index contributed by atoms with van der Waals surface area (Å²) in [6.45, 7) is 1.61. The Kier molecular flexibility index (Phi) is 6.37. The highest BCUT2D eigenvalue weighted by atomic mass is 32.2. The van der Waals surface area contributed by atoms with Gasteiger partial charge < -0.3 is 10.1 Å². The summed E-state index contributed by atoms with van der Waals surface area (Å²) in [6.07, 6.45) is 0. The van der Waals surface area contributed by atoms with Crippen molar-refractivity contribution in [3.05, 3.63) is 96.1 Å². The Labute approximate surface area is 196 Å². The minimum absolute atomic E-state index is 0.475. The van der Waals surface area contributed by atoms with Crippen molar-refractivity contribution < 1.29 is 19.1 Å². The zero-order valence-electron chi connectivity index (χ0n) is 18.1. The van der Waals surface area contributed by atoms with Crippen molar-refractivity contribution in [2.75, 3.05) is 7.11 Å². The third-order valence-electron chi connectivity index (χ3n) is 5.42. The van der Waals surface area contributed by atoms with Crippen LogP contribution in [0.1, 0.15) is 23.3 Å². The summed E-state index contributed by atoms with van der Waals surface area (Å²) in [5.41, 5.74) is 2.56. The second-order valence-electron chi connectivity index (χ2n) is 7.62. The molecular formula is C25H23N3O4S. The van der Waals surface area contributed by atoms with Crippen LogP contribution in [0.5, 0.6) is 5.75 Å². The molecule has 8 heteroatoms. The highest BCUT2D eigenvalue weighted by Gasteiger charge is 2.50. The summed E-state index contributed by atoms with van der Waals surface area (Å²) in [5.74, 6) is -0.409. The van der Waals surface area contributed by atoms with Gasteiger partial charge in [-0.3, -0.25) is 15.0 Å². The maximum absolute atomic E-state index is 13.3. The van der Waals surface area contributed by atoms with Crippen molar-refractivity contribution in [2.24, 2.45) is 0 Å². The third kappa shape index (κ3) is 4.56. The van der Waals surface area contributed by atoms with Gasteiger partial charge >= 0.3 is 6.03 Å². The number of nitrogens with one attached hydrogen (secondary N) is 2. The lowest BCUT2D eigenvalue weighted by Gasteiger charge is -2.23. The number of hydrazine groups is 1. The fourth-order valence-electron chi connectivity index (χ4n) is 3.57. The number of thioether (sulfide) groups is 1. The molecule has 4 rings (SSSR count). The number of hydrogen-bond acceptors (Lipinski definition) is 5. The molecule has 0 radical (unpaired) electrons. The van der Waals surface area contributed by atoms with Crippen LogP contribution in [0.4, 0.5) is 4.79 Å². The molecule has 1 aliphatic heterocycles. The Bertz CT molecular complexity index is 1160. The van der Waals surface area contributed by atoms with Crippen LogP contribution in [0.3, 0.4) is 0 Å². The van der Waals surface area contributed by atoms with Crippen molar-refractivity contribution in [3.63, 3.8) is 0 Å². The molecule has 0 saturated carbocycles. The molecule has 4 amide bonds. The summed E-state index contributed by atoms with van der Waals surface area (Å²) >= 11 is 1.34. The van der Waals surface area contributed by atoms with Gasteiger partial charge in [0, 0.05) is 4.90 Å². The molecule has 1 heterocycles. The summed E-state index contributed by atoms with van der Waals surface area (Å²) in [7, 11) is 1.55. The molecule has 3 aromatic carbocycles. The smallest absolute Gasteiger partial charge is 0.344 e. The number of urea groups is 1. The van der Waals surface area contributed by atoms with Crippen molar-refractivity contribution in [1.82, 2.24) is 15.8 Å². The van der Waals surface area contributed by atoms with E-state index in [4.69, 9.17) is 4.74 Å². The van der Waals surface area contributed by atoms with Crippen molar-refractivity contribution in [2.45, 2.75) is 22.6 Å². The summed E-state index contributed by atoms with van der Waals surface area (Å²) in [4.78, 5) is 40.1. The molecule has 1 fully saturated rings. The van der Waals surface area contributed by atoms with Crippen molar-refractivity contribution in [3.8, 4) is 5.75 Å². The molecule has 168 valence electrons. The number of imide groups is 1. The molecule has 0 spiro atoms. The predicted octanol–water partition coefficient (Wildman–Crippen LogP) is 4.03. The van der Waals surface area contributed by atoms with Crippen LogP contribution in [0, 0.1) is 0 Å². The SMILES string of the molecule is COc1ccc([C@]2(C)NC(=O)N(NC(=O)[C@@H](Sc3ccccc3)c3ccccc3)C2=O)cc1. The Morgan fingerprint density at radius 1 is 0.970 bits per heavy atom. The molecule has 0 unspecified atom stereocenters. The standard InChI is InChI=1S/C25H23N3O4S/c1-25(18-13-15-19(32-2)16-14-18)23(30)28(24(31)26-25)27-22(29)21(17-9-5-3-6-10-17)33-20-11-7-4-8-12-20/h3-16,21H,1-2H3,(H,26,31)(H,27,29)/t21-,25-/m0/s1. The number of nitrogens with zero attached hydrogens (tertiary/aromatic N) is 1. The second-order valence-corrected chi connectivity index (χ2v) is 8.80. The zero-order valence-corrected chi connectivity index (χ0v) is 19.0. The molecule has 7 nitrogen and oxygen atoms in total. The van der Waals surface area contributed by atoms with Crippen LogP contribution in [0.25, 0.3) is 0 Å². The van der Waals surface area contributed by atoms with E-state index in [2.05, 4.69) is 10.7 Å². The Hall–Kier alpha value is -3.78. The Morgan fingerprint density at radius 3 is 2.18 bits per heavy atom. The average Bonchev–Trinajstić information content (AvgIpc) is 3.07. The molecular weight excluding hydrogens is 438 g/mol. The number of methoxy groups -OCH3 is 1. The van der Waals surface area contributed by atoms with E-state index in [0.717, 1.165) is 15.5 Å². The lowest BCUT2D eigenvalue weighted by Crippen LogP contribution is -2.49. The minimum Gasteiger partial charge on any atom is -0.497 e. The van der Waals surface area contributed by atoms with E-state index < -0.39 is 28.6 Å². The summed E-state index contributed by atoms with van der Waals surface area (Å²) in [5, 5.41) is 2.79. The van der Waals surface area contributed by atoms with Gasteiger partial charge in [-0.05, 0) is 42.3 Å². The van der Waals surface area contributed by atoms with Crippen LogP contribution in [0.15, 0.2) is 89.8 Å². The quantitative estimate of drug-likeness (QED) is 0.410. The van der Waals surface area contributed by atoms with Crippen LogP contribution in [-0.2, 0) is 15.1 Å². The van der Waals surface area contributed by atoms with Gasteiger partial charge in [-0.25, -0.2) is 4.79 Å². The van der Waals surface area contributed by atoms with Crippen LogP contribution >= 0.6 is 11.8 Å². The highest BCUT2D eigenvalue weighted by Crippen LogP contribution is 2.36. The largest absolute Gasteiger partial charge is 0.497 e. The van der Waals surface area contributed by atoms with E-state index in [1.54, 1.807) is 38.3 Å². The van der Waals surface area contributed by atoms with Crippen molar-refractivity contribution >= 4 is 29.6 Å². The first-order valence-corrected chi connectivity index (χ1v) is 11.2. The van der Waals surface area contributed by atoms with E-state index in [1.165, 1.54) is 11.8 Å². The predicted molar refractivity (Wildman–Crippen MR) is 125 cm³/mol. The second kappa shape index (κ2) is 9.38. The van der Waals surface area contributed by atoms with E-state index >= 15 is 0 Å². The van der Waals surface area contributed by atoms with Gasteiger partial charge in [0.25, 0.3) is 11.8 Å². The summed E-state index contributed by atoms with van der Waals surface area (Å²) in [6, 6.07) is 24.9. The molecule has 0 bridgehead atoms. The average molecular weight is 462 g/mol. The number of hydrogen-bond donors (Lipinski definition) is 2. The van der Waals surface area contributed by atoms with Gasteiger partial charge in [0.05, 0.1) is 7.11 Å². The monoisotopic (exact) mass is 461 g/mol. The Morgan fingerprint density at radius 2 is 1.58 bits per heavy atom. The molecule has 33 heavy (non-hydrogen) atoms. The molecule has 2 atom stereocenters. The minimum atomic E-state index is -1.31. The lowest BCUT2D eigenvalue weighted by molar-refractivity contribution is -0.138. The van der Waals surface area contributed by atoms with E-state index in [0.29, 0.717) is 11.3 Å². The maximum Gasteiger partial charge on any atom is 0.344 e. The van der Waals surface area contributed by atoms with Gasteiger partial charge in [-0.2, -0.15) is 5.01 Å². The molecule has 1 saturated heterocycles. The van der Waals surface area contributed by atoms with Gasteiger partial charge in [-0.1, -0.05) is 60.7 Å². The van der Waals surface area contributed by atoms with E-state index in [1.807, 2.05) is 60.7 Å². The van der Waals surface area contributed by atoms with Crippen LogP contribution in [-0.4, -0.2) is 30.0 Å². The number of carbonyl (C=O) groups excluding carboxylic acids is 3. The number of amides is 4. The fraction of sp³-hybridized carbons (Fsp3) is 0.160. The molecule has 1 aliphatic rings. The molecule has 0 aromatic heterocycles. The highest BCUT2D eigenvalue weighted by molar-refractivity contribution is 8.00. The summed E-state index contributed by atoms with van der Waals surface area (Å²) < 4.78 is 5.16. The first kappa shape index (κ1) is 22.4. The fourth-order valence-corrected chi connectivity index (χ4v) is 4.60. The van der Waals surface area contributed by atoms with E-state index in [9.17, 15) is 14.4 Å².